The molecule has 182 valence electrons. The van der Waals surface area contributed by atoms with E-state index in [1.54, 1.807) is 0 Å². The van der Waals surface area contributed by atoms with Crippen molar-refractivity contribution in [1.82, 2.24) is 20.2 Å². The number of alkyl halides is 3. The minimum atomic E-state index is -4.62. The molecule has 3 aliphatic rings. The number of anilines is 1. The molecule has 2 saturated heterocycles. The van der Waals surface area contributed by atoms with Gasteiger partial charge in [-0.1, -0.05) is 30.3 Å². The normalized spacial score (nSPS) is 27.9. The fourth-order valence-electron chi connectivity index (χ4n) is 5.53. The van der Waals surface area contributed by atoms with Gasteiger partial charge in [-0.25, -0.2) is 14.8 Å². The fourth-order valence-corrected chi connectivity index (χ4v) is 5.53. The van der Waals surface area contributed by atoms with E-state index in [9.17, 15) is 18.0 Å². The molecule has 1 aliphatic carbocycles. The van der Waals surface area contributed by atoms with Crippen LogP contribution in [0.25, 0.3) is 0 Å². The second kappa shape index (κ2) is 8.49. The van der Waals surface area contributed by atoms with Gasteiger partial charge in [-0.2, -0.15) is 13.2 Å². The minimum absolute atomic E-state index is 0.175. The monoisotopic (exact) mass is 475 g/mol. The van der Waals surface area contributed by atoms with E-state index in [2.05, 4.69) is 27.4 Å². The summed E-state index contributed by atoms with van der Waals surface area (Å²) < 4.78 is 44.1. The first-order valence-electron chi connectivity index (χ1n) is 11.6. The highest BCUT2D eigenvalue weighted by atomic mass is 19.4. The number of carbonyl (C=O) groups is 1. The summed E-state index contributed by atoms with van der Waals surface area (Å²) in [4.78, 5) is 24.0. The second-order valence-electron chi connectivity index (χ2n) is 9.57. The van der Waals surface area contributed by atoms with Gasteiger partial charge < -0.3 is 15.0 Å². The minimum Gasteiger partial charge on any atom is -0.381 e. The third-order valence-electron chi connectivity index (χ3n) is 7.68. The molecular formula is C24H28F3N5O2. The van der Waals surface area contributed by atoms with Crippen molar-refractivity contribution in [2.24, 2.45) is 5.92 Å². The largest absolute Gasteiger partial charge is 0.451 e. The lowest BCUT2D eigenvalue weighted by molar-refractivity contribution is -0.144. The summed E-state index contributed by atoms with van der Waals surface area (Å²) in [6, 6.07) is 10.1. The molecule has 0 atom stereocenters. The van der Waals surface area contributed by atoms with Crippen molar-refractivity contribution in [2.45, 2.75) is 42.9 Å². The number of urea groups is 1. The molecule has 1 aromatic carbocycles. The van der Waals surface area contributed by atoms with E-state index in [-0.39, 0.29) is 17.5 Å². The molecule has 0 radical (unpaired) electrons. The zero-order valence-corrected chi connectivity index (χ0v) is 19.0. The Balaban J connectivity index is 1.42. The van der Waals surface area contributed by atoms with Crippen molar-refractivity contribution in [3.63, 3.8) is 0 Å². The lowest BCUT2D eigenvalue weighted by atomic mass is 9.69. The lowest BCUT2D eigenvalue weighted by Crippen LogP contribution is -2.57. The van der Waals surface area contributed by atoms with E-state index >= 15 is 0 Å². The van der Waals surface area contributed by atoms with E-state index < -0.39 is 17.5 Å². The zero-order valence-electron chi connectivity index (χ0n) is 19.0. The number of amides is 2. The Labute approximate surface area is 196 Å². The maximum atomic E-state index is 13.6. The average Bonchev–Trinajstić information content (AvgIpc) is 3.08. The summed E-state index contributed by atoms with van der Waals surface area (Å²) in [5.74, 6) is -0.935. The van der Waals surface area contributed by atoms with E-state index in [0.29, 0.717) is 32.0 Å². The molecule has 3 fully saturated rings. The van der Waals surface area contributed by atoms with Crippen LogP contribution in [-0.2, 0) is 16.5 Å². The summed E-state index contributed by atoms with van der Waals surface area (Å²) >= 11 is 0. The van der Waals surface area contributed by atoms with Crippen LogP contribution in [0.3, 0.4) is 0 Å². The predicted molar refractivity (Wildman–Crippen MR) is 119 cm³/mol. The van der Waals surface area contributed by atoms with E-state index in [1.165, 1.54) is 10.5 Å². The summed E-state index contributed by atoms with van der Waals surface area (Å²) in [7, 11) is 1.97. The number of rotatable bonds is 5. The molecule has 2 amide bonds. The first-order valence-corrected chi connectivity index (χ1v) is 11.6. The molecule has 1 aromatic heterocycles. The van der Waals surface area contributed by atoms with Crippen LogP contribution in [0, 0.1) is 5.92 Å². The van der Waals surface area contributed by atoms with Gasteiger partial charge in [0, 0.05) is 18.0 Å². The Hall–Kier alpha value is -2.72. The molecule has 0 bridgehead atoms. The number of ether oxygens (including phenoxy) is 1. The van der Waals surface area contributed by atoms with Crippen LogP contribution in [0.4, 0.5) is 23.7 Å². The van der Waals surface area contributed by atoms with Crippen LogP contribution in [-0.4, -0.2) is 59.8 Å². The van der Waals surface area contributed by atoms with E-state index in [0.717, 1.165) is 38.1 Å². The molecule has 10 heteroatoms. The van der Waals surface area contributed by atoms with Gasteiger partial charge in [0.25, 0.3) is 0 Å². The standard InChI is InChI=1S/C24H28F3N5O2/c1-28-23(18-5-3-2-4-6-18)9-7-22(8-10-23)16-31(21(33)32(22)13-17-14-34-15-17)19-11-29-20(30-12-19)24(25,26)27/h2-6,11-12,17,28H,7-10,13-16H2,1H3/t22-,23+. The van der Waals surface area contributed by atoms with Crippen LogP contribution in [0.5, 0.6) is 0 Å². The highest BCUT2D eigenvalue weighted by molar-refractivity contribution is 5.95. The Morgan fingerprint density at radius 1 is 1.09 bits per heavy atom. The number of carbonyl (C=O) groups excluding carboxylic acids is 1. The third-order valence-corrected chi connectivity index (χ3v) is 7.68. The second-order valence-corrected chi connectivity index (χ2v) is 9.57. The van der Waals surface area contributed by atoms with Crippen molar-refractivity contribution in [3.05, 3.63) is 54.1 Å². The van der Waals surface area contributed by atoms with Gasteiger partial charge in [0.1, 0.15) is 0 Å². The topological polar surface area (TPSA) is 70.6 Å². The van der Waals surface area contributed by atoms with Gasteiger partial charge >= 0.3 is 12.2 Å². The number of nitrogens with zero attached hydrogens (tertiary/aromatic N) is 4. The number of benzene rings is 1. The Kier molecular flexibility index (Phi) is 5.76. The Morgan fingerprint density at radius 2 is 1.74 bits per heavy atom. The molecule has 3 heterocycles. The first kappa shape index (κ1) is 23.0. The maximum Gasteiger partial charge on any atom is 0.451 e. The summed E-state index contributed by atoms with van der Waals surface area (Å²) in [5.41, 5.74) is 0.942. The van der Waals surface area contributed by atoms with Gasteiger partial charge in [0.15, 0.2) is 0 Å². The van der Waals surface area contributed by atoms with Crippen molar-refractivity contribution in [2.75, 3.05) is 38.3 Å². The van der Waals surface area contributed by atoms with E-state index in [1.807, 2.05) is 30.1 Å². The van der Waals surface area contributed by atoms with E-state index in [4.69, 9.17) is 4.74 Å². The van der Waals surface area contributed by atoms with Crippen LogP contribution >= 0.6 is 0 Å². The van der Waals surface area contributed by atoms with Crippen LogP contribution in [0.1, 0.15) is 37.1 Å². The molecule has 2 aromatic rings. The fraction of sp³-hybridized carbons (Fsp3) is 0.542. The summed E-state index contributed by atoms with van der Waals surface area (Å²) in [6.07, 6.45) is 0.818. The molecule has 1 N–H and O–H groups in total. The summed E-state index contributed by atoms with van der Waals surface area (Å²) in [5, 5.41) is 3.53. The van der Waals surface area contributed by atoms with Gasteiger partial charge in [0.05, 0.1) is 43.4 Å². The molecule has 0 unspecified atom stereocenters. The third kappa shape index (κ3) is 3.92. The van der Waals surface area contributed by atoms with Crippen molar-refractivity contribution in [1.29, 1.82) is 0 Å². The summed E-state index contributed by atoms with van der Waals surface area (Å²) in [6.45, 7) is 2.22. The molecule has 34 heavy (non-hydrogen) atoms. The smallest absolute Gasteiger partial charge is 0.381 e. The van der Waals surface area contributed by atoms with Gasteiger partial charge in [0.2, 0.25) is 5.82 Å². The van der Waals surface area contributed by atoms with Crippen LogP contribution < -0.4 is 10.2 Å². The first-order chi connectivity index (χ1) is 16.3. The van der Waals surface area contributed by atoms with Gasteiger partial charge in [-0.15, -0.1) is 0 Å². The lowest BCUT2D eigenvalue weighted by Gasteiger charge is -2.49. The number of hydrogen-bond acceptors (Lipinski definition) is 5. The van der Waals surface area contributed by atoms with Crippen molar-refractivity contribution < 1.29 is 22.7 Å². The SMILES string of the molecule is CN[C@]1(c2ccccc2)CC[C@]2(CC1)CN(c1cnc(C(F)(F)F)nc1)C(=O)N2CC1COC1. The van der Waals surface area contributed by atoms with Gasteiger partial charge in [-0.05, 0) is 38.3 Å². The highest BCUT2D eigenvalue weighted by Crippen LogP contribution is 2.47. The average molecular weight is 476 g/mol. The molecule has 7 nitrogen and oxygen atoms in total. The molecule has 2 aliphatic heterocycles. The van der Waals surface area contributed by atoms with Crippen molar-refractivity contribution >= 4 is 11.7 Å². The quantitative estimate of drug-likeness (QED) is 0.712. The van der Waals surface area contributed by atoms with Gasteiger partial charge in [-0.3, -0.25) is 4.90 Å². The predicted octanol–water partition coefficient (Wildman–Crippen LogP) is 3.81. The zero-order chi connectivity index (χ0) is 24.0. The number of nitrogens with one attached hydrogen (secondary N) is 1. The van der Waals surface area contributed by atoms with Crippen molar-refractivity contribution in [3.8, 4) is 0 Å². The maximum absolute atomic E-state index is 13.6. The van der Waals surface area contributed by atoms with Crippen LogP contribution in [0.2, 0.25) is 0 Å². The Bertz CT molecular complexity index is 1020. The molecule has 1 saturated carbocycles. The molecule has 1 spiro atoms. The Morgan fingerprint density at radius 3 is 2.26 bits per heavy atom. The number of aromatic nitrogens is 2. The van der Waals surface area contributed by atoms with Crippen LogP contribution in [0.15, 0.2) is 42.7 Å². The number of hydrogen-bond donors (Lipinski definition) is 1. The highest BCUT2D eigenvalue weighted by Gasteiger charge is 2.54. The molecular weight excluding hydrogens is 447 g/mol. The number of halogens is 3. The molecule has 5 rings (SSSR count).